The van der Waals surface area contributed by atoms with Crippen LogP contribution in [0, 0.1) is 5.92 Å². The van der Waals surface area contributed by atoms with Gasteiger partial charge in [-0.1, -0.05) is 0 Å². The van der Waals surface area contributed by atoms with Crippen molar-refractivity contribution in [1.29, 1.82) is 0 Å². The van der Waals surface area contributed by atoms with E-state index in [2.05, 4.69) is 10.1 Å². The summed E-state index contributed by atoms with van der Waals surface area (Å²) in [5.74, 6) is 0.922. The molecule has 4 nitrogen and oxygen atoms in total. The molecule has 0 radical (unpaired) electrons. The standard InChI is InChI=1S/C8H11NO3/c1-11-8(10)6-7(5-2-3-5)12-4-9-6/h5,9H,2-4H2,1H3. The molecule has 0 bridgehead atoms. The quantitative estimate of drug-likeness (QED) is 0.606. The molecular weight excluding hydrogens is 158 g/mol. The van der Waals surface area contributed by atoms with Gasteiger partial charge in [-0.15, -0.1) is 0 Å². The molecule has 66 valence electrons. The van der Waals surface area contributed by atoms with Gasteiger partial charge in [0.05, 0.1) is 7.11 Å². The van der Waals surface area contributed by atoms with Gasteiger partial charge in [-0.05, 0) is 12.8 Å². The lowest BCUT2D eigenvalue weighted by molar-refractivity contribution is -0.136. The molecule has 0 unspecified atom stereocenters. The topological polar surface area (TPSA) is 47.6 Å². The minimum Gasteiger partial charge on any atom is -0.475 e. The lowest BCUT2D eigenvalue weighted by Gasteiger charge is -2.00. The molecule has 1 saturated carbocycles. The van der Waals surface area contributed by atoms with Crippen molar-refractivity contribution in [3.05, 3.63) is 11.5 Å². The predicted octanol–water partition coefficient (Wildman–Crippen LogP) is 0.358. The molecule has 2 rings (SSSR count). The van der Waals surface area contributed by atoms with Crippen molar-refractivity contribution in [1.82, 2.24) is 5.32 Å². The molecule has 1 N–H and O–H groups in total. The van der Waals surface area contributed by atoms with Gasteiger partial charge in [0, 0.05) is 5.92 Å². The third-order valence-corrected chi connectivity index (χ3v) is 2.06. The van der Waals surface area contributed by atoms with Crippen LogP contribution in [0.15, 0.2) is 11.5 Å². The Morgan fingerprint density at radius 2 is 2.42 bits per heavy atom. The lowest BCUT2D eigenvalue weighted by Crippen LogP contribution is -2.17. The normalized spacial score (nSPS) is 21.8. The number of esters is 1. The highest BCUT2D eigenvalue weighted by atomic mass is 16.5. The van der Waals surface area contributed by atoms with Crippen molar-refractivity contribution in [2.24, 2.45) is 5.92 Å². The van der Waals surface area contributed by atoms with Crippen molar-refractivity contribution >= 4 is 5.97 Å². The van der Waals surface area contributed by atoms with Crippen molar-refractivity contribution in [2.45, 2.75) is 12.8 Å². The smallest absolute Gasteiger partial charge is 0.357 e. The zero-order valence-corrected chi connectivity index (χ0v) is 6.92. The molecule has 0 saturated heterocycles. The Bertz CT molecular complexity index is 243. The third-order valence-electron chi connectivity index (χ3n) is 2.06. The zero-order chi connectivity index (χ0) is 8.55. The predicted molar refractivity (Wildman–Crippen MR) is 40.9 cm³/mol. The van der Waals surface area contributed by atoms with E-state index in [1.54, 1.807) is 0 Å². The Morgan fingerprint density at radius 3 is 3.00 bits per heavy atom. The number of carbonyl (C=O) groups excluding carboxylic acids is 1. The average Bonchev–Trinajstić information content (AvgIpc) is 2.83. The van der Waals surface area contributed by atoms with E-state index in [0.717, 1.165) is 18.6 Å². The highest BCUT2D eigenvalue weighted by Crippen LogP contribution is 2.39. The number of ether oxygens (including phenoxy) is 2. The SMILES string of the molecule is COC(=O)C1=C(C2CC2)OCN1. The number of methoxy groups -OCH3 is 1. The minimum absolute atomic E-state index is 0.325. The summed E-state index contributed by atoms with van der Waals surface area (Å²) < 4.78 is 9.88. The molecule has 0 aromatic heterocycles. The van der Waals surface area contributed by atoms with Gasteiger partial charge < -0.3 is 14.8 Å². The fourth-order valence-electron chi connectivity index (χ4n) is 1.29. The summed E-state index contributed by atoms with van der Waals surface area (Å²) in [7, 11) is 1.37. The number of allylic oxidation sites excluding steroid dienone is 1. The minimum atomic E-state index is -0.325. The monoisotopic (exact) mass is 169 g/mol. The molecule has 0 spiro atoms. The van der Waals surface area contributed by atoms with E-state index in [9.17, 15) is 4.79 Å². The van der Waals surface area contributed by atoms with Crippen LogP contribution in [0.25, 0.3) is 0 Å². The van der Waals surface area contributed by atoms with E-state index in [1.807, 2.05) is 0 Å². The van der Waals surface area contributed by atoms with Crippen LogP contribution in [0.1, 0.15) is 12.8 Å². The maximum Gasteiger partial charge on any atom is 0.357 e. The third kappa shape index (κ3) is 1.13. The van der Waals surface area contributed by atoms with Crippen LogP contribution in [0.5, 0.6) is 0 Å². The number of hydrogen-bond acceptors (Lipinski definition) is 4. The van der Waals surface area contributed by atoms with E-state index >= 15 is 0 Å². The van der Waals surface area contributed by atoms with Gasteiger partial charge in [0.2, 0.25) is 0 Å². The summed E-state index contributed by atoms with van der Waals surface area (Å²) in [6.07, 6.45) is 2.25. The second-order valence-electron chi connectivity index (χ2n) is 2.97. The second-order valence-corrected chi connectivity index (χ2v) is 2.97. The van der Waals surface area contributed by atoms with E-state index in [-0.39, 0.29) is 5.97 Å². The van der Waals surface area contributed by atoms with Gasteiger partial charge in [-0.3, -0.25) is 0 Å². The second kappa shape index (κ2) is 2.69. The highest BCUT2D eigenvalue weighted by Gasteiger charge is 2.35. The number of hydrogen-bond donors (Lipinski definition) is 1. The molecule has 1 aliphatic heterocycles. The van der Waals surface area contributed by atoms with Crippen LogP contribution in [-0.2, 0) is 14.3 Å². The molecule has 2 aliphatic rings. The van der Waals surface area contributed by atoms with Crippen molar-refractivity contribution in [2.75, 3.05) is 13.8 Å². The fraction of sp³-hybridized carbons (Fsp3) is 0.625. The van der Waals surface area contributed by atoms with Crippen molar-refractivity contribution < 1.29 is 14.3 Å². The Balaban J connectivity index is 2.18. The van der Waals surface area contributed by atoms with E-state index in [1.165, 1.54) is 7.11 Å². The first-order chi connectivity index (χ1) is 5.83. The zero-order valence-electron chi connectivity index (χ0n) is 6.92. The van der Waals surface area contributed by atoms with Gasteiger partial charge >= 0.3 is 5.97 Å². The molecular formula is C8H11NO3. The summed E-state index contributed by atoms with van der Waals surface area (Å²) in [6, 6.07) is 0. The lowest BCUT2D eigenvalue weighted by atomic mass is 10.3. The maximum atomic E-state index is 11.1. The van der Waals surface area contributed by atoms with Crippen LogP contribution >= 0.6 is 0 Å². The van der Waals surface area contributed by atoms with Crippen LogP contribution in [-0.4, -0.2) is 19.8 Å². The number of rotatable bonds is 2. The van der Waals surface area contributed by atoms with Gasteiger partial charge in [0.15, 0.2) is 12.4 Å². The molecule has 1 heterocycles. The molecule has 4 heteroatoms. The summed E-state index contributed by atoms with van der Waals surface area (Å²) in [6.45, 7) is 0.399. The molecule has 0 atom stereocenters. The Hall–Kier alpha value is -1.19. The van der Waals surface area contributed by atoms with Gasteiger partial charge in [-0.2, -0.15) is 0 Å². The first-order valence-corrected chi connectivity index (χ1v) is 4.02. The fourth-order valence-corrected chi connectivity index (χ4v) is 1.29. The summed E-state index contributed by atoms with van der Waals surface area (Å²) in [5.41, 5.74) is 0.514. The van der Waals surface area contributed by atoms with Crippen molar-refractivity contribution in [3.63, 3.8) is 0 Å². The summed E-state index contributed by atoms with van der Waals surface area (Å²) in [4.78, 5) is 11.1. The molecule has 0 aromatic rings. The van der Waals surface area contributed by atoms with E-state index in [4.69, 9.17) is 4.74 Å². The Kier molecular flexibility index (Phi) is 1.67. The van der Waals surface area contributed by atoms with Crippen molar-refractivity contribution in [3.8, 4) is 0 Å². The summed E-state index contributed by atoms with van der Waals surface area (Å²) >= 11 is 0. The van der Waals surface area contributed by atoms with E-state index in [0.29, 0.717) is 18.3 Å². The first-order valence-electron chi connectivity index (χ1n) is 4.02. The molecule has 0 aromatic carbocycles. The molecule has 0 amide bonds. The highest BCUT2D eigenvalue weighted by molar-refractivity contribution is 5.88. The average molecular weight is 169 g/mol. The number of carbonyl (C=O) groups is 1. The van der Waals surface area contributed by atoms with Crippen LogP contribution in [0.2, 0.25) is 0 Å². The summed E-state index contributed by atoms with van der Waals surface area (Å²) in [5, 5.41) is 2.86. The molecule has 1 aliphatic carbocycles. The van der Waals surface area contributed by atoms with Crippen LogP contribution < -0.4 is 5.32 Å². The maximum absolute atomic E-state index is 11.1. The van der Waals surface area contributed by atoms with E-state index < -0.39 is 0 Å². The Morgan fingerprint density at radius 1 is 1.67 bits per heavy atom. The van der Waals surface area contributed by atoms with Gasteiger partial charge in [0.25, 0.3) is 0 Å². The molecule has 12 heavy (non-hydrogen) atoms. The van der Waals surface area contributed by atoms with Gasteiger partial charge in [0.1, 0.15) is 5.76 Å². The first kappa shape index (κ1) is 7.46. The number of nitrogens with one attached hydrogen (secondary N) is 1. The van der Waals surface area contributed by atoms with Crippen LogP contribution in [0.3, 0.4) is 0 Å². The molecule has 1 fully saturated rings. The van der Waals surface area contributed by atoms with Crippen LogP contribution in [0.4, 0.5) is 0 Å². The largest absolute Gasteiger partial charge is 0.475 e. The Labute approximate surface area is 70.5 Å². The van der Waals surface area contributed by atoms with Gasteiger partial charge in [-0.25, -0.2) is 4.79 Å².